The minimum atomic E-state index is -0.947. The van der Waals surface area contributed by atoms with E-state index in [0.29, 0.717) is 13.2 Å². The zero-order valence-corrected chi connectivity index (χ0v) is 11.9. The highest BCUT2D eigenvalue weighted by Gasteiger charge is 2.34. The molecule has 7 heteroatoms. The second-order valence-corrected chi connectivity index (χ2v) is 4.81. The first-order valence-corrected chi connectivity index (χ1v) is 7.07. The van der Waals surface area contributed by atoms with E-state index in [1.54, 1.807) is 0 Å². The Bertz CT molecular complexity index is 311. The Kier molecular flexibility index (Phi) is 7.98. The summed E-state index contributed by atoms with van der Waals surface area (Å²) < 4.78 is 10.4. The van der Waals surface area contributed by atoms with Crippen molar-refractivity contribution in [2.75, 3.05) is 33.0 Å². The highest BCUT2D eigenvalue weighted by Crippen LogP contribution is 2.13. The molecule has 1 heterocycles. The summed E-state index contributed by atoms with van der Waals surface area (Å²) in [6, 6.07) is -0.825. The van der Waals surface area contributed by atoms with Gasteiger partial charge in [0.2, 0.25) is 0 Å². The normalized spacial score (nSPS) is 21.6. The number of nitrogens with one attached hydrogen (secondary N) is 2. The van der Waals surface area contributed by atoms with Gasteiger partial charge in [0, 0.05) is 19.8 Å². The summed E-state index contributed by atoms with van der Waals surface area (Å²) in [6.45, 7) is 4.36. The third-order valence-corrected chi connectivity index (χ3v) is 3.11. The van der Waals surface area contributed by atoms with Gasteiger partial charge < -0.3 is 25.2 Å². The van der Waals surface area contributed by atoms with Gasteiger partial charge in [0.1, 0.15) is 5.92 Å². The van der Waals surface area contributed by atoms with Crippen molar-refractivity contribution < 1.29 is 24.2 Å². The predicted molar refractivity (Wildman–Crippen MR) is 72.6 cm³/mol. The molecule has 2 atom stereocenters. The van der Waals surface area contributed by atoms with Crippen LogP contribution >= 0.6 is 0 Å². The summed E-state index contributed by atoms with van der Waals surface area (Å²) in [4.78, 5) is 22.5. The van der Waals surface area contributed by atoms with E-state index in [4.69, 9.17) is 14.6 Å². The molecule has 0 aromatic rings. The molecule has 1 saturated heterocycles. The van der Waals surface area contributed by atoms with Crippen LogP contribution in [0.3, 0.4) is 0 Å². The largest absolute Gasteiger partial charge is 0.481 e. The average Bonchev–Trinajstić information content (AvgIpc) is 2.86. The van der Waals surface area contributed by atoms with Crippen molar-refractivity contribution in [1.29, 1.82) is 0 Å². The molecule has 1 aliphatic heterocycles. The lowest BCUT2D eigenvalue weighted by molar-refractivity contribution is -0.142. The maximum absolute atomic E-state index is 11.6. The van der Waals surface area contributed by atoms with E-state index in [1.165, 1.54) is 0 Å². The van der Waals surface area contributed by atoms with Gasteiger partial charge in [-0.25, -0.2) is 4.79 Å². The van der Waals surface area contributed by atoms with Crippen LogP contribution in [0.5, 0.6) is 0 Å². The van der Waals surface area contributed by atoms with Crippen LogP contribution in [0.25, 0.3) is 0 Å². The van der Waals surface area contributed by atoms with Crippen LogP contribution in [-0.2, 0) is 14.3 Å². The highest BCUT2D eigenvalue weighted by atomic mass is 16.5. The van der Waals surface area contributed by atoms with Gasteiger partial charge in [-0.1, -0.05) is 13.3 Å². The molecule has 1 fully saturated rings. The molecular formula is C13H24N2O5. The Morgan fingerprint density at radius 1 is 1.30 bits per heavy atom. The summed E-state index contributed by atoms with van der Waals surface area (Å²) >= 11 is 0. The predicted octanol–water partition coefficient (Wildman–Crippen LogP) is 0.592. The molecule has 0 saturated carbocycles. The van der Waals surface area contributed by atoms with Crippen LogP contribution in [0.4, 0.5) is 4.79 Å². The van der Waals surface area contributed by atoms with Gasteiger partial charge in [0.05, 0.1) is 19.3 Å². The molecule has 7 nitrogen and oxygen atoms in total. The van der Waals surface area contributed by atoms with Crippen LogP contribution in [0.2, 0.25) is 0 Å². The van der Waals surface area contributed by atoms with Crippen molar-refractivity contribution in [3.8, 4) is 0 Å². The van der Waals surface area contributed by atoms with Crippen molar-refractivity contribution >= 4 is 12.0 Å². The van der Waals surface area contributed by atoms with Crippen molar-refractivity contribution in [3.05, 3.63) is 0 Å². The maximum atomic E-state index is 11.6. The molecule has 0 aliphatic carbocycles. The molecule has 0 bridgehead atoms. The Morgan fingerprint density at radius 2 is 2.05 bits per heavy atom. The second-order valence-electron chi connectivity index (χ2n) is 4.81. The van der Waals surface area contributed by atoms with Gasteiger partial charge >= 0.3 is 12.0 Å². The zero-order valence-electron chi connectivity index (χ0n) is 11.9. The number of aliphatic carboxylic acids is 1. The molecule has 1 aliphatic rings. The van der Waals surface area contributed by atoms with Gasteiger partial charge in [0.25, 0.3) is 0 Å². The van der Waals surface area contributed by atoms with Gasteiger partial charge in [-0.2, -0.15) is 0 Å². The van der Waals surface area contributed by atoms with Crippen molar-refractivity contribution in [1.82, 2.24) is 10.6 Å². The van der Waals surface area contributed by atoms with E-state index in [-0.39, 0.29) is 19.2 Å². The van der Waals surface area contributed by atoms with E-state index >= 15 is 0 Å². The summed E-state index contributed by atoms with van der Waals surface area (Å²) in [6.07, 6.45) is 2.89. The topological polar surface area (TPSA) is 96.9 Å². The summed E-state index contributed by atoms with van der Waals surface area (Å²) in [5.41, 5.74) is 0. The smallest absolute Gasteiger partial charge is 0.315 e. The lowest BCUT2D eigenvalue weighted by Crippen LogP contribution is -2.47. The van der Waals surface area contributed by atoms with Crippen LogP contribution in [0, 0.1) is 5.92 Å². The number of unbranched alkanes of at least 4 members (excludes halogenated alkanes) is 1. The van der Waals surface area contributed by atoms with E-state index in [9.17, 15) is 9.59 Å². The van der Waals surface area contributed by atoms with Crippen LogP contribution < -0.4 is 10.6 Å². The summed E-state index contributed by atoms with van der Waals surface area (Å²) in [7, 11) is 0. The molecule has 0 aromatic heterocycles. The number of carboxylic acids is 1. The molecule has 2 unspecified atom stereocenters. The Hall–Kier alpha value is -1.34. The molecule has 3 N–H and O–H groups in total. The molecule has 0 radical (unpaired) electrons. The van der Waals surface area contributed by atoms with Crippen molar-refractivity contribution in [2.24, 2.45) is 5.92 Å². The molecule has 2 amide bonds. The van der Waals surface area contributed by atoms with Crippen molar-refractivity contribution in [3.63, 3.8) is 0 Å². The van der Waals surface area contributed by atoms with Crippen LogP contribution in [0.15, 0.2) is 0 Å². The second kappa shape index (κ2) is 9.55. The number of carboxylic acid groups (broad SMARTS) is 1. The molecule has 0 spiro atoms. The number of ether oxygens (including phenoxy) is 2. The van der Waals surface area contributed by atoms with Gasteiger partial charge in [-0.15, -0.1) is 0 Å². The lowest BCUT2D eigenvalue weighted by Gasteiger charge is -2.16. The van der Waals surface area contributed by atoms with E-state index in [0.717, 1.165) is 25.9 Å². The maximum Gasteiger partial charge on any atom is 0.315 e. The van der Waals surface area contributed by atoms with Gasteiger partial charge in [-0.05, 0) is 12.8 Å². The van der Waals surface area contributed by atoms with Crippen LogP contribution in [-0.4, -0.2) is 56.1 Å². The molecular weight excluding hydrogens is 264 g/mol. The number of amides is 2. The molecule has 1 rings (SSSR count). The fourth-order valence-corrected chi connectivity index (χ4v) is 1.88. The Morgan fingerprint density at radius 3 is 2.75 bits per heavy atom. The molecule has 116 valence electrons. The fourth-order valence-electron chi connectivity index (χ4n) is 1.88. The number of rotatable bonds is 9. The third kappa shape index (κ3) is 6.21. The molecule has 0 aromatic carbocycles. The number of hydrogen-bond acceptors (Lipinski definition) is 4. The monoisotopic (exact) mass is 288 g/mol. The number of carbonyl (C=O) groups excluding carboxylic acids is 1. The minimum Gasteiger partial charge on any atom is -0.481 e. The molecule has 20 heavy (non-hydrogen) atoms. The number of hydrogen-bond donors (Lipinski definition) is 3. The third-order valence-electron chi connectivity index (χ3n) is 3.11. The Balaban J connectivity index is 2.07. The standard InChI is InChI=1S/C13H24N2O5/c1-2-3-6-19-7-4-5-14-13(18)15-11-9-20-8-10(11)12(16)17/h10-11H,2-9H2,1H3,(H,16,17)(H2,14,15,18). The van der Waals surface area contributed by atoms with Crippen molar-refractivity contribution in [2.45, 2.75) is 32.2 Å². The van der Waals surface area contributed by atoms with Gasteiger partial charge in [-0.3, -0.25) is 4.79 Å². The number of carbonyl (C=O) groups is 2. The van der Waals surface area contributed by atoms with E-state index in [1.807, 2.05) is 0 Å². The Labute approximate surface area is 119 Å². The SMILES string of the molecule is CCCCOCCCNC(=O)NC1COCC1C(=O)O. The van der Waals surface area contributed by atoms with Crippen LogP contribution in [0.1, 0.15) is 26.2 Å². The van der Waals surface area contributed by atoms with E-state index < -0.39 is 17.9 Å². The average molecular weight is 288 g/mol. The summed E-state index contributed by atoms with van der Waals surface area (Å²) in [5, 5.41) is 14.3. The zero-order chi connectivity index (χ0) is 14.8. The first kappa shape index (κ1) is 16.7. The minimum absolute atomic E-state index is 0.144. The highest BCUT2D eigenvalue weighted by molar-refractivity contribution is 5.77. The first-order valence-electron chi connectivity index (χ1n) is 7.07. The quantitative estimate of drug-likeness (QED) is 0.540. The number of urea groups is 1. The van der Waals surface area contributed by atoms with Gasteiger partial charge in [0.15, 0.2) is 0 Å². The fraction of sp³-hybridized carbons (Fsp3) is 0.846. The first-order chi connectivity index (χ1) is 9.65. The van der Waals surface area contributed by atoms with E-state index in [2.05, 4.69) is 17.6 Å². The lowest BCUT2D eigenvalue weighted by atomic mass is 10.0. The summed E-state index contributed by atoms with van der Waals surface area (Å²) in [5.74, 6) is -1.62.